The van der Waals surface area contributed by atoms with Gasteiger partial charge in [0.25, 0.3) is 5.56 Å². The van der Waals surface area contributed by atoms with Crippen LogP contribution >= 0.6 is 11.8 Å². The van der Waals surface area contributed by atoms with Gasteiger partial charge in [0, 0.05) is 7.05 Å². The quantitative estimate of drug-likeness (QED) is 0.298. The van der Waals surface area contributed by atoms with Gasteiger partial charge < -0.3 is 10.1 Å². The summed E-state index contributed by atoms with van der Waals surface area (Å²) in [6.07, 6.45) is 0. The molecule has 152 valence electrons. The summed E-state index contributed by atoms with van der Waals surface area (Å²) in [7, 11) is 3.23. The number of aromatic nitrogens is 2. The van der Waals surface area contributed by atoms with Crippen LogP contribution in [0, 0.1) is 0 Å². The van der Waals surface area contributed by atoms with Crippen molar-refractivity contribution in [3.63, 3.8) is 0 Å². The molecule has 6 nitrogen and oxygen atoms in total. The van der Waals surface area contributed by atoms with Crippen LogP contribution in [0.4, 0.5) is 5.69 Å². The summed E-state index contributed by atoms with van der Waals surface area (Å²) in [6, 6.07) is 18.9. The largest absolute Gasteiger partial charge is 0.495 e. The number of benzene rings is 3. The van der Waals surface area contributed by atoms with Gasteiger partial charge in [0.05, 0.1) is 29.0 Å². The molecule has 4 aromatic rings. The maximum Gasteiger partial charge on any atom is 0.261 e. The van der Waals surface area contributed by atoms with Crippen LogP contribution in [-0.4, -0.2) is 27.8 Å². The molecule has 1 heterocycles. The zero-order valence-corrected chi connectivity index (χ0v) is 17.7. The van der Waals surface area contributed by atoms with E-state index in [0.29, 0.717) is 27.5 Å². The fraction of sp³-hybridized carbons (Fsp3) is 0.174. The molecular weight excluding hydrogens is 398 g/mol. The van der Waals surface area contributed by atoms with Crippen LogP contribution in [0.2, 0.25) is 0 Å². The fourth-order valence-electron chi connectivity index (χ4n) is 3.24. The first kappa shape index (κ1) is 20.0. The van der Waals surface area contributed by atoms with Gasteiger partial charge in [0.15, 0.2) is 5.16 Å². The summed E-state index contributed by atoms with van der Waals surface area (Å²) in [5.41, 5.74) is 1.09. The number of methoxy groups -OCH3 is 1. The number of amides is 1. The average Bonchev–Trinajstić information content (AvgIpc) is 2.76. The maximum absolute atomic E-state index is 12.9. The molecule has 0 fully saturated rings. The summed E-state index contributed by atoms with van der Waals surface area (Å²) in [5.74, 6) is 0.392. The molecule has 0 aliphatic carbocycles. The molecule has 1 aromatic heterocycles. The Bertz CT molecular complexity index is 1320. The lowest BCUT2D eigenvalue weighted by Gasteiger charge is -2.15. The van der Waals surface area contributed by atoms with E-state index in [1.807, 2.05) is 48.5 Å². The molecule has 3 aromatic carbocycles. The molecule has 0 saturated carbocycles. The predicted molar refractivity (Wildman–Crippen MR) is 121 cm³/mol. The minimum atomic E-state index is -0.467. The number of anilines is 1. The first-order chi connectivity index (χ1) is 14.5. The number of nitrogens with zero attached hydrogens (tertiary/aromatic N) is 2. The number of nitrogens with one attached hydrogen (secondary N) is 1. The highest BCUT2D eigenvalue weighted by Gasteiger charge is 2.19. The minimum absolute atomic E-state index is 0.134. The van der Waals surface area contributed by atoms with Gasteiger partial charge in [-0.15, -0.1) is 0 Å². The molecule has 0 radical (unpaired) electrons. The molecule has 0 saturated heterocycles. The van der Waals surface area contributed by atoms with Crippen molar-refractivity contribution < 1.29 is 9.53 Å². The normalized spacial score (nSPS) is 12.1. The Balaban J connectivity index is 1.64. The van der Waals surface area contributed by atoms with E-state index in [1.54, 1.807) is 33.2 Å². The number of ether oxygens (including phenoxy) is 1. The molecule has 0 unspecified atom stereocenters. The van der Waals surface area contributed by atoms with Crippen LogP contribution in [-0.2, 0) is 11.8 Å². The van der Waals surface area contributed by atoms with Crippen LogP contribution in [0.3, 0.4) is 0 Å². The first-order valence-electron chi connectivity index (χ1n) is 9.48. The Labute approximate surface area is 177 Å². The number of rotatable bonds is 5. The molecule has 0 spiro atoms. The van der Waals surface area contributed by atoms with Gasteiger partial charge in [-0.3, -0.25) is 14.2 Å². The molecule has 1 atom stereocenters. The van der Waals surface area contributed by atoms with E-state index in [1.165, 1.54) is 16.3 Å². The maximum atomic E-state index is 12.9. The van der Waals surface area contributed by atoms with Crippen molar-refractivity contribution in [2.75, 3.05) is 12.4 Å². The number of hydrogen-bond acceptors (Lipinski definition) is 5. The monoisotopic (exact) mass is 419 g/mol. The Morgan fingerprint density at radius 1 is 1.10 bits per heavy atom. The molecule has 4 rings (SSSR count). The minimum Gasteiger partial charge on any atom is -0.495 e. The molecule has 30 heavy (non-hydrogen) atoms. The lowest BCUT2D eigenvalue weighted by Crippen LogP contribution is -2.25. The van der Waals surface area contributed by atoms with Gasteiger partial charge in [-0.25, -0.2) is 4.98 Å². The van der Waals surface area contributed by atoms with Gasteiger partial charge in [-0.05, 0) is 42.0 Å². The van der Waals surface area contributed by atoms with Gasteiger partial charge >= 0.3 is 0 Å². The van der Waals surface area contributed by atoms with E-state index in [4.69, 9.17) is 4.74 Å². The SMILES string of the molecule is COc1ccccc1NC(=O)[C@@H](C)Sc1nc2cc3ccccc3cc2c(=O)n1C. The Morgan fingerprint density at radius 3 is 2.50 bits per heavy atom. The van der Waals surface area contributed by atoms with Crippen molar-refractivity contribution in [2.24, 2.45) is 7.05 Å². The zero-order valence-electron chi connectivity index (χ0n) is 16.9. The standard InChI is InChI=1S/C23H21N3O3S/c1-14(21(27)24-18-10-6-7-11-20(18)29-3)30-23-25-19-13-16-9-5-4-8-15(16)12-17(19)22(28)26(23)2/h4-14H,1-3H3,(H,24,27)/t14-/m1/s1. The summed E-state index contributed by atoms with van der Waals surface area (Å²) in [5, 5.41) is 5.47. The third kappa shape index (κ3) is 3.76. The van der Waals surface area contributed by atoms with E-state index in [0.717, 1.165) is 10.8 Å². The number of fused-ring (bicyclic) bond motifs is 2. The smallest absolute Gasteiger partial charge is 0.261 e. The van der Waals surface area contributed by atoms with Gasteiger partial charge in [0.1, 0.15) is 5.75 Å². The topological polar surface area (TPSA) is 73.2 Å². The van der Waals surface area contributed by atoms with E-state index in [-0.39, 0.29) is 11.5 Å². The number of thioether (sulfide) groups is 1. The average molecular weight is 420 g/mol. The van der Waals surface area contributed by atoms with Crippen LogP contribution in [0.25, 0.3) is 21.7 Å². The number of hydrogen-bond donors (Lipinski definition) is 1. The van der Waals surface area contributed by atoms with Gasteiger partial charge in [0.2, 0.25) is 5.91 Å². The van der Waals surface area contributed by atoms with Crippen LogP contribution in [0.5, 0.6) is 5.75 Å². The lowest BCUT2D eigenvalue weighted by molar-refractivity contribution is -0.115. The van der Waals surface area contributed by atoms with E-state index < -0.39 is 5.25 Å². The molecule has 0 aliphatic rings. The number of para-hydroxylation sites is 2. The van der Waals surface area contributed by atoms with Crippen molar-refractivity contribution in [1.82, 2.24) is 9.55 Å². The molecular formula is C23H21N3O3S. The van der Waals surface area contributed by atoms with Gasteiger partial charge in [-0.2, -0.15) is 0 Å². The van der Waals surface area contributed by atoms with Crippen molar-refractivity contribution in [3.8, 4) is 5.75 Å². The highest BCUT2D eigenvalue weighted by atomic mass is 32.2. The van der Waals surface area contributed by atoms with Gasteiger partial charge in [-0.1, -0.05) is 48.2 Å². The summed E-state index contributed by atoms with van der Waals surface area (Å²) in [6.45, 7) is 1.78. The highest BCUT2D eigenvalue weighted by molar-refractivity contribution is 8.00. The van der Waals surface area contributed by atoms with Crippen LogP contribution in [0.15, 0.2) is 70.6 Å². The van der Waals surface area contributed by atoms with E-state index in [9.17, 15) is 9.59 Å². The second-order valence-corrected chi connectivity index (χ2v) is 8.23. The molecule has 7 heteroatoms. The van der Waals surface area contributed by atoms with Crippen LogP contribution < -0.4 is 15.6 Å². The van der Waals surface area contributed by atoms with E-state index >= 15 is 0 Å². The lowest BCUT2D eigenvalue weighted by atomic mass is 10.1. The van der Waals surface area contributed by atoms with Crippen molar-refractivity contribution in [1.29, 1.82) is 0 Å². The van der Waals surface area contributed by atoms with Crippen molar-refractivity contribution >= 4 is 45.0 Å². The molecule has 1 N–H and O–H groups in total. The second-order valence-electron chi connectivity index (χ2n) is 6.92. The zero-order chi connectivity index (χ0) is 21.3. The summed E-state index contributed by atoms with van der Waals surface area (Å²) < 4.78 is 6.78. The van der Waals surface area contributed by atoms with Crippen LogP contribution in [0.1, 0.15) is 6.92 Å². The second kappa shape index (κ2) is 8.20. The third-order valence-corrected chi connectivity index (χ3v) is 6.06. The molecule has 0 bridgehead atoms. The highest BCUT2D eigenvalue weighted by Crippen LogP contribution is 2.27. The number of carbonyl (C=O) groups is 1. The molecule has 0 aliphatic heterocycles. The first-order valence-corrected chi connectivity index (χ1v) is 10.4. The van der Waals surface area contributed by atoms with E-state index in [2.05, 4.69) is 10.3 Å². The Morgan fingerprint density at radius 2 is 1.77 bits per heavy atom. The third-order valence-electron chi connectivity index (χ3n) is 4.92. The Hall–Kier alpha value is -3.32. The van der Waals surface area contributed by atoms with Crippen molar-refractivity contribution in [3.05, 3.63) is 71.0 Å². The number of carbonyl (C=O) groups excluding carboxylic acids is 1. The fourth-order valence-corrected chi connectivity index (χ4v) is 4.11. The summed E-state index contributed by atoms with van der Waals surface area (Å²) in [4.78, 5) is 30.3. The molecule has 1 amide bonds. The van der Waals surface area contributed by atoms with Crippen molar-refractivity contribution in [2.45, 2.75) is 17.3 Å². The predicted octanol–water partition coefficient (Wildman–Crippen LogP) is 4.21. The summed E-state index contributed by atoms with van der Waals surface area (Å²) >= 11 is 1.24. The Kier molecular flexibility index (Phi) is 5.46.